The topological polar surface area (TPSA) is 16.1 Å². The zero-order valence-electron chi connectivity index (χ0n) is 11.4. The quantitative estimate of drug-likeness (QED) is 0.812. The molecule has 3 heteroatoms. The van der Waals surface area contributed by atoms with E-state index in [1.807, 2.05) is 12.4 Å². The summed E-state index contributed by atoms with van der Waals surface area (Å²) in [6.07, 6.45) is 3.71. The van der Waals surface area contributed by atoms with Crippen LogP contribution in [0.1, 0.15) is 19.4 Å². The van der Waals surface area contributed by atoms with Gasteiger partial charge < -0.3 is 0 Å². The van der Waals surface area contributed by atoms with E-state index in [4.69, 9.17) is 0 Å². The summed E-state index contributed by atoms with van der Waals surface area (Å²) in [4.78, 5) is 6.62. The molecule has 1 aromatic heterocycles. The summed E-state index contributed by atoms with van der Waals surface area (Å²) in [6.45, 7) is 7.26. The molecule has 2 aromatic rings. The van der Waals surface area contributed by atoms with E-state index in [9.17, 15) is 4.39 Å². The Bertz CT molecular complexity index is 519. The van der Waals surface area contributed by atoms with E-state index in [1.165, 1.54) is 17.7 Å². The number of rotatable bonds is 5. The average molecular weight is 258 g/mol. The summed E-state index contributed by atoms with van der Waals surface area (Å²) >= 11 is 0. The van der Waals surface area contributed by atoms with Gasteiger partial charge in [-0.15, -0.1) is 0 Å². The van der Waals surface area contributed by atoms with Crippen LogP contribution in [0.4, 0.5) is 4.39 Å². The molecule has 1 heterocycles. The number of halogens is 1. The van der Waals surface area contributed by atoms with E-state index in [0.717, 1.165) is 30.8 Å². The maximum absolute atomic E-state index is 12.9. The monoisotopic (exact) mass is 258 g/mol. The van der Waals surface area contributed by atoms with E-state index < -0.39 is 0 Å². The highest BCUT2D eigenvalue weighted by molar-refractivity contribution is 5.62. The summed E-state index contributed by atoms with van der Waals surface area (Å²) in [7, 11) is 0. The van der Waals surface area contributed by atoms with Crippen molar-refractivity contribution in [1.29, 1.82) is 0 Å². The molecule has 0 saturated heterocycles. The molecular formula is C16H19FN2. The molecule has 0 N–H and O–H groups in total. The molecular weight excluding hydrogens is 239 g/mol. The lowest BCUT2D eigenvalue weighted by Crippen LogP contribution is -2.22. The van der Waals surface area contributed by atoms with Gasteiger partial charge >= 0.3 is 0 Å². The van der Waals surface area contributed by atoms with Crippen LogP contribution in [0.2, 0.25) is 0 Å². The van der Waals surface area contributed by atoms with Crippen LogP contribution in [0.3, 0.4) is 0 Å². The van der Waals surface area contributed by atoms with Gasteiger partial charge in [-0.3, -0.25) is 9.88 Å². The molecule has 0 radical (unpaired) electrons. The molecule has 1 aromatic carbocycles. The smallest absolute Gasteiger partial charge is 0.123 e. The van der Waals surface area contributed by atoms with Gasteiger partial charge in [0.1, 0.15) is 5.82 Å². The number of aromatic nitrogens is 1. The van der Waals surface area contributed by atoms with Crippen LogP contribution in [0.5, 0.6) is 0 Å². The molecule has 0 bridgehead atoms. The van der Waals surface area contributed by atoms with E-state index in [0.29, 0.717) is 0 Å². The van der Waals surface area contributed by atoms with Crippen molar-refractivity contribution in [3.8, 4) is 11.1 Å². The molecule has 0 atom stereocenters. The third-order valence-electron chi connectivity index (χ3n) is 3.27. The fourth-order valence-corrected chi connectivity index (χ4v) is 2.08. The van der Waals surface area contributed by atoms with Gasteiger partial charge in [0.05, 0.1) is 0 Å². The molecule has 0 fully saturated rings. The molecule has 0 spiro atoms. The van der Waals surface area contributed by atoms with Crippen LogP contribution in [0.15, 0.2) is 42.7 Å². The summed E-state index contributed by atoms with van der Waals surface area (Å²) in [5, 5.41) is 0. The Balaban J connectivity index is 2.21. The maximum Gasteiger partial charge on any atom is 0.123 e. The van der Waals surface area contributed by atoms with E-state index >= 15 is 0 Å². The Hall–Kier alpha value is -1.74. The minimum absolute atomic E-state index is 0.212. The molecule has 0 saturated carbocycles. The van der Waals surface area contributed by atoms with Crippen LogP contribution in [0.25, 0.3) is 11.1 Å². The first kappa shape index (κ1) is 13.7. The molecule has 19 heavy (non-hydrogen) atoms. The number of hydrogen-bond acceptors (Lipinski definition) is 2. The highest BCUT2D eigenvalue weighted by atomic mass is 19.1. The minimum atomic E-state index is -0.212. The minimum Gasteiger partial charge on any atom is -0.300 e. The second-order valence-electron chi connectivity index (χ2n) is 4.55. The van der Waals surface area contributed by atoms with E-state index in [-0.39, 0.29) is 5.82 Å². The first-order chi connectivity index (χ1) is 9.22. The van der Waals surface area contributed by atoms with Crippen molar-refractivity contribution >= 4 is 0 Å². The summed E-state index contributed by atoms with van der Waals surface area (Å²) in [5.74, 6) is -0.212. The van der Waals surface area contributed by atoms with Crippen molar-refractivity contribution in [3.05, 3.63) is 54.1 Å². The first-order valence-electron chi connectivity index (χ1n) is 6.65. The standard InChI is InChI=1S/C16H19FN2/c1-3-19(4-2)12-13-9-15(11-18-10-13)14-5-7-16(17)8-6-14/h5-11H,3-4,12H2,1-2H3. The third-order valence-corrected chi connectivity index (χ3v) is 3.27. The zero-order chi connectivity index (χ0) is 13.7. The van der Waals surface area contributed by atoms with Gasteiger partial charge in [-0.05, 0) is 42.4 Å². The van der Waals surface area contributed by atoms with Crippen molar-refractivity contribution < 1.29 is 4.39 Å². The van der Waals surface area contributed by atoms with Crippen LogP contribution < -0.4 is 0 Å². The molecule has 0 amide bonds. The molecule has 0 aliphatic heterocycles. The van der Waals surface area contributed by atoms with Crippen molar-refractivity contribution in [3.63, 3.8) is 0 Å². The van der Waals surface area contributed by atoms with Crippen LogP contribution in [-0.4, -0.2) is 23.0 Å². The van der Waals surface area contributed by atoms with Gasteiger partial charge in [0.15, 0.2) is 0 Å². The van der Waals surface area contributed by atoms with Gasteiger partial charge in [0.2, 0.25) is 0 Å². The van der Waals surface area contributed by atoms with Gasteiger partial charge in [-0.2, -0.15) is 0 Å². The van der Waals surface area contributed by atoms with Crippen LogP contribution in [-0.2, 0) is 6.54 Å². The lowest BCUT2D eigenvalue weighted by atomic mass is 10.1. The largest absolute Gasteiger partial charge is 0.300 e. The van der Waals surface area contributed by atoms with Gasteiger partial charge in [-0.25, -0.2) is 4.39 Å². The fourth-order valence-electron chi connectivity index (χ4n) is 2.08. The lowest BCUT2D eigenvalue weighted by Gasteiger charge is -2.18. The SMILES string of the molecule is CCN(CC)Cc1cncc(-c2ccc(F)cc2)c1. The van der Waals surface area contributed by atoms with E-state index in [2.05, 4.69) is 29.8 Å². The maximum atomic E-state index is 12.9. The number of hydrogen-bond donors (Lipinski definition) is 0. The van der Waals surface area contributed by atoms with Gasteiger partial charge in [0.25, 0.3) is 0 Å². The Morgan fingerprint density at radius 1 is 1.00 bits per heavy atom. The predicted molar refractivity (Wildman–Crippen MR) is 76.3 cm³/mol. The number of nitrogens with zero attached hydrogens (tertiary/aromatic N) is 2. The molecule has 2 nitrogen and oxygen atoms in total. The van der Waals surface area contributed by atoms with Crippen molar-refractivity contribution in [2.75, 3.05) is 13.1 Å². The molecule has 0 aliphatic carbocycles. The van der Waals surface area contributed by atoms with Gasteiger partial charge in [0, 0.05) is 24.5 Å². The Morgan fingerprint density at radius 2 is 1.68 bits per heavy atom. The average Bonchev–Trinajstić information content (AvgIpc) is 2.46. The molecule has 0 aliphatic rings. The third kappa shape index (κ3) is 3.61. The van der Waals surface area contributed by atoms with E-state index in [1.54, 1.807) is 12.1 Å². The Kier molecular flexibility index (Phi) is 4.63. The summed E-state index contributed by atoms with van der Waals surface area (Å²) in [5.41, 5.74) is 3.21. The highest BCUT2D eigenvalue weighted by Gasteiger charge is 2.04. The van der Waals surface area contributed by atoms with Crippen molar-refractivity contribution in [2.24, 2.45) is 0 Å². The second-order valence-corrected chi connectivity index (χ2v) is 4.55. The van der Waals surface area contributed by atoms with Crippen LogP contribution >= 0.6 is 0 Å². The van der Waals surface area contributed by atoms with Crippen molar-refractivity contribution in [1.82, 2.24) is 9.88 Å². The zero-order valence-corrected chi connectivity index (χ0v) is 11.4. The number of pyridine rings is 1. The number of benzene rings is 1. The predicted octanol–water partition coefficient (Wildman–Crippen LogP) is 3.73. The van der Waals surface area contributed by atoms with Gasteiger partial charge in [-0.1, -0.05) is 26.0 Å². The summed E-state index contributed by atoms with van der Waals surface area (Å²) < 4.78 is 12.9. The molecule has 2 rings (SSSR count). The normalized spacial score (nSPS) is 10.9. The van der Waals surface area contributed by atoms with Crippen molar-refractivity contribution in [2.45, 2.75) is 20.4 Å². The fraction of sp³-hybridized carbons (Fsp3) is 0.312. The lowest BCUT2D eigenvalue weighted by molar-refractivity contribution is 0.295. The second kappa shape index (κ2) is 6.43. The first-order valence-corrected chi connectivity index (χ1v) is 6.65. The Labute approximate surface area is 113 Å². The van der Waals surface area contributed by atoms with Crippen LogP contribution in [0, 0.1) is 5.82 Å². The molecule has 100 valence electrons. The summed E-state index contributed by atoms with van der Waals surface area (Å²) in [6, 6.07) is 8.65. The Morgan fingerprint density at radius 3 is 2.32 bits per heavy atom. The molecule has 0 unspecified atom stereocenters. The highest BCUT2D eigenvalue weighted by Crippen LogP contribution is 2.20.